The van der Waals surface area contributed by atoms with Gasteiger partial charge in [-0.3, -0.25) is 0 Å². The summed E-state index contributed by atoms with van der Waals surface area (Å²) in [6, 6.07) is 43.9. The zero-order valence-electron chi connectivity index (χ0n) is 32.0. The molecule has 3 nitrogen and oxygen atoms in total. The van der Waals surface area contributed by atoms with Crippen molar-refractivity contribution in [1.82, 2.24) is 15.0 Å². The summed E-state index contributed by atoms with van der Waals surface area (Å²) in [4.78, 5) is 14.5. The SMILES string of the molecule is [2H]c1c([2H])c([2H])c2c(sc3c([2H])c(-c4nc(-c5ccccc5)nc(-c5cccc(-c6ccccc6)c5)n4)c([2H])c([2H])c32)c1-c1ccc(-c2ccccc2)cc1. The minimum Gasteiger partial charge on any atom is -0.208 e. The van der Waals surface area contributed by atoms with Crippen LogP contribution in [0.3, 0.4) is 0 Å². The van der Waals surface area contributed by atoms with Crippen LogP contribution in [-0.4, -0.2) is 15.0 Å². The van der Waals surface area contributed by atoms with Gasteiger partial charge in [0.25, 0.3) is 0 Å². The third-order valence-corrected chi connectivity index (χ3v) is 9.58. The molecule has 0 spiro atoms. The van der Waals surface area contributed by atoms with Crippen molar-refractivity contribution in [3.8, 4) is 67.5 Å². The van der Waals surface area contributed by atoms with Crippen molar-refractivity contribution >= 4 is 31.5 Å². The molecule has 2 heterocycles. The lowest BCUT2D eigenvalue weighted by atomic mass is 9.99. The van der Waals surface area contributed by atoms with E-state index in [4.69, 9.17) is 19.1 Å². The highest BCUT2D eigenvalue weighted by atomic mass is 32.1. The number of aromatic nitrogens is 3. The Balaban J connectivity index is 1.26. The predicted molar refractivity (Wildman–Crippen MR) is 205 cm³/mol. The van der Waals surface area contributed by atoms with E-state index in [1.807, 2.05) is 140 Å². The van der Waals surface area contributed by atoms with Crippen molar-refractivity contribution in [1.29, 1.82) is 0 Å². The van der Waals surface area contributed by atoms with Crippen LogP contribution in [0.15, 0.2) is 176 Å². The molecule has 0 atom stereocenters. The maximum atomic E-state index is 9.57. The molecule has 0 aliphatic carbocycles. The van der Waals surface area contributed by atoms with E-state index in [1.54, 1.807) is 0 Å². The van der Waals surface area contributed by atoms with E-state index in [9.17, 15) is 4.11 Å². The van der Waals surface area contributed by atoms with Gasteiger partial charge in [-0.05, 0) is 45.5 Å². The van der Waals surface area contributed by atoms with Crippen molar-refractivity contribution in [2.24, 2.45) is 0 Å². The monoisotopic (exact) mass is 649 g/mol. The molecular formula is C45H29N3S. The molecule has 0 fully saturated rings. The second kappa shape index (κ2) is 12.4. The molecule has 0 N–H and O–H groups in total. The highest BCUT2D eigenvalue weighted by Crippen LogP contribution is 2.41. The molecular weight excluding hydrogens is 615 g/mol. The summed E-state index contributed by atoms with van der Waals surface area (Å²) in [6.45, 7) is 0. The lowest BCUT2D eigenvalue weighted by Gasteiger charge is -2.10. The van der Waals surface area contributed by atoms with E-state index in [2.05, 4.69) is 0 Å². The van der Waals surface area contributed by atoms with Gasteiger partial charge in [-0.15, -0.1) is 11.3 Å². The average molecular weight is 650 g/mol. The molecule has 0 saturated carbocycles. The number of benzene rings is 7. The minimum absolute atomic E-state index is 0.0609. The standard InChI is InChI=1S/C45H29N3S/c1-4-12-30(13-5-1)32-22-24-33(25-23-32)38-20-11-21-40-39-27-26-37(29-41(39)49-42(38)40)45-47-43(34-16-8-3-9-17-34)46-44(48-45)36-19-10-18-35(28-36)31-14-6-2-7-15-31/h1-29H/i11D,20D,21D,26D,27D,29D. The smallest absolute Gasteiger partial charge is 0.164 e. The summed E-state index contributed by atoms with van der Waals surface area (Å²) in [5, 5.41) is 0.535. The summed E-state index contributed by atoms with van der Waals surface area (Å²) in [7, 11) is 0. The lowest BCUT2D eigenvalue weighted by Crippen LogP contribution is -2.00. The predicted octanol–water partition coefficient (Wildman–Crippen LogP) is 12.2. The van der Waals surface area contributed by atoms with Crippen LogP contribution < -0.4 is 0 Å². The Kier molecular flexibility index (Phi) is 5.87. The van der Waals surface area contributed by atoms with E-state index in [-0.39, 0.29) is 53.0 Å². The van der Waals surface area contributed by atoms with E-state index >= 15 is 0 Å². The van der Waals surface area contributed by atoms with Gasteiger partial charge < -0.3 is 0 Å². The van der Waals surface area contributed by atoms with Gasteiger partial charge in [0.15, 0.2) is 17.5 Å². The normalized spacial score (nSPS) is 13.0. The van der Waals surface area contributed by atoms with Crippen LogP contribution in [0.5, 0.6) is 0 Å². The first-order valence-corrected chi connectivity index (χ1v) is 16.7. The zero-order chi connectivity index (χ0) is 37.8. The van der Waals surface area contributed by atoms with Gasteiger partial charge in [0.1, 0.15) is 0 Å². The van der Waals surface area contributed by atoms with Gasteiger partial charge in [0.2, 0.25) is 0 Å². The largest absolute Gasteiger partial charge is 0.208 e. The molecule has 0 unspecified atom stereocenters. The third kappa shape index (κ3) is 5.58. The van der Waals surface area contributed by atoms with Crippen LogP contribution in [0.4, 0.5) is 0 Å². The number of hydrogen-bond donors (Lipinski definition) is 0. The van der Waals surface area contributed by atoms with E-state index < -0.39 is 0 Å². The van der Waals surface area contributed by atoms with Crippen molar-refractivity contribution < 1.29 is 8.22 Å². The average Bonchev–Trinajstić information content (AvgIpc) is 3.64. The molecule has 49 heavy (non-hydrogen) atoms. The van der Waals surface area contributed by atoms with E-state index in [0.717, 1.165) is 33.4 Å². The van der Waals surface area contributed by atoms with Crippen LogP contribution in [0.2, 0.25) is 0 Å². The maximum absolute atomic E-state index is 9.57. The fraction of sp³-hybridized carbons (Fsp3) is 0. The molecule has 0 saturated heterocycles. The van der Waals surface area contributed by atoms with Gasteiger partial charge >= 0.3 is 0 Å². The molecule has 2 aromatic heterocycles. The summed E-state index contributed by atoms with van der Waals surface area (Å²) in [6.07, 6.45) is 0. The highest BCUT2D eigenvalue weighted by Gasteiger charge is 2.16. The minimum atomic E-state index is -0.275. The molecule has 7 aromatic carbocycles. The molecule has 0 radical (unpaired) electrons. The topological polar surface area (TPSA) is 38.7 Å². The number of thiophene rings is 1. The Bertz CT molecular complexity index is 2920. The summed E-state index contributed by atoms with van der Waals surface area (Å²) < 4.78 is 55.8. The number of hydrogen-bond acceptors (Lipinski definition) is 4. The fourth-order valence-electron chi connectivity index (χ4n) is 5.99. The van der Waals surface area contributed by atoms with Crippen molar-refractivity contribution in [3.63, 3.8) is 0 Å². The van der Waals surface area contributed by atoms with Crippen molar-refractivity contribution in [2.75, 3.05) is 0 Å². The quantitative estimate of drug-likeness (QED) is 0.180. The van der Waals surface area contributed by atoms with Crippen LogP contribution in [0.1, 0.15) is 8.22 Å². The molecule has 0 aliphatic rings. The van der Waals surface area contributed by atoms with Crippen LogP contribution >= 0.6 is 11.3 Å². The van der Waals surface area contributed by atoms with Crippen LogP contribution in [0.25, 0.3) is 87.7 Å². The molecule has 9 aromatic rings. The summed E-state index contributed by atoms with van der Waals surface area (Å²) in [5.41, 5.74) is 6.71. The Labute approximate surface area is 297 Å². The first-order chi connectivity index (χ1) is 26.8. The van der Waals surface area contributed by atoms with Gasteiger partial charge in [0.05, 0.1) is 8.22 Å². The van der Waals surface area contributed by atoms with Gasteiger partial charge in [-0.2, -0.15) is 0 Å². The molecule has 0 bridgehead atoms. The molecule has 9 rings (SSSR count). The van der Waals surface area contributed by atoms with Gasteiger partial charge in [-0.25, -0.2) is 15.0 Å². The summed E-state index contributed by atoms with van der Waals surface area (Å²) >= 11 is 1.19. The highest BCUT2D eigenvalue weighted by molar-refractivity contribution is 7.26. The molecule has 230 valence electrons. The molecule has 0 aliphatic heterocycles. The number of nitrogens with zero attached hydrogens (tertiary/aromatic N) is 3. The Hall–Kier alpha value is -6.23. The number of rotatable bonds is 6. The zero-order valence-corrected chi connectivity index (χ0v) is 26.8. The van der Waals surface area contributed by atoms with Crippen molar-refractivity contribution in [3.05, 3.63) is 176 Å². The van der Waals surface area contributed by atoms with E-state index in [1.165, 1.54) is 11.3 Å². The van der Waals surface area contributed by atoms with Crippen LogP contribution in [0, 0.1) is 0 Å². The third-order valence-electron chi connectivity index (χ3n) is 8.46. The second-order valence-electron chi connectivity index (χ2n) is 11.6. The second-order valence-corrected chi connectivity index (χ2v) is 12.6. The molecule has 4 heteroatoms. The van der Waals surface area contributed by atoms with Crippen molar-refractivity contribution in [2.45, 2.75) is 0 Å². The first kappa shape index (κ1) is 23.2. The first-order valence-electron chi connectivity index (χ1n) is 18.9. The Morgan fingerprint density at radius 1 is 0.408 bits per heavy atom. The summed E-state index contributed by atoms with van der Waals surface area (Å²) in [5.74, 6) is 0.803. The molecule has 0 amide bonds. The fourth-order valence-corrected chi connectivity index (χ4v) is 7.13. The maximum Gasteiger partial charge on any atom is 0.164 e. The lowest BCUT2D eigenvalue weighted by molar-refractivity contribution is 1.07. The van der Waals surface area contributed by atoms with Crippen LogP contribution in [-0.2, 0) is 0 Å². The Morgan fingerprint density at radius 3 is 1.63 bits per heavy atom. The van der Waals surface area contributed by atoms with Gasteiger partial charge in [0, 0.05) is 36.9 Å². The van der Waals surface area contributed by atoms with Gasteiger partial charge in [-0.1, -0.05) is 164 Å². The van der Waals surface area contributed by atoms with E-state index in [0.29, 0.717) is 37.6 Å². The number of fused-ring (bicyclic) bond motifs is 3. The Morgan fingerprint density at radius 2 is 0.939 bits per heavy atom.